The highest BCUT2D eigenvalue weighted by Crippen LogP contribution is 2.22. The molecule has 20 heavy (non-hydrogen) atoms. The second-order valence-corrected chi connectivity index (χ2v) is 4.93. The summed E-state index contributed by atoms with van der Waals surface area (Å²) in [4.78, 5) is 22.8. The standard InChI is InChI=1S/C14H18ClNO4/c1-4-8(2)16-13(17)9(3)20-10-5-6-12(15)11(7-10)14(18)19/h5-9H,4H2,1-3H3,(H,16,17)(H,18,19). The lowest BCUT2D eigenvalue weighted by Crippen LogP contribution is -2.41. The molecule has 2 unspecified atom stereocenters. The number of hydrogen-bond acceptors (Lipinski definition) is 3. The van der Waals surface area contributed by atoms with E-state index in [0.717, 1.165) is 6.42 Å². The Morgan fingerprint density at radius 1 is 1.40 bits per heavy atom. The van der Waals surface area contributed by atoms with Crippen molar-refractivity contribution in [3.8, 4) is 5.75 Å². The number of ether oxygens (including phenoxy) is 1. The highest BCUT2D eigenvalue weighted by atomic mass is 35.5. The minimum absolute atomic E-state index is 0.0568. The molecule has 0 radical (unpaired) electrons. The van der Waals surface area contributed by atoms with Crippen LogP contribution in [0.15, 0.2) is 18.2 Å². The minimum atomic E-state index is -1.14. The monoisotopic (exact) mass is 299 g/mol. The van der Waals surface area contributed by atoms with E-state index in [1.165, 1.54) is 18.2 Å². The molecular formula is C14H18ClNO4. The van der Waals surface area contributed by atoms with Crippen molar-refractivity contribution < 1.29 is 19.4 Å². The Morgan fingerprint density at radius 3 is 2.60 bits per heavy atom. The number of rotatable bonds is 6. The number of amides is 1. The van der Waals surface area contributed by atoms with E-state index in [4.69, 9.17) is 21.4 Å². The minimum Gasteiger partial charge on any atom is -0.481 e. The van der Waals surface area contributed by atoms with Crippen molar-refractivity contribution in [2.45, 2.75) is 39.3 Å². The average Bonchev–Trinajstić information content (AvgIpc) is 2.40. The van der Waals surface area contributed by atoms with Gasteiger partial charge >= 0.3 is 5.97 Å². The second kappa shape index (κ2) is 7.14. The van der Waals surface area contributed by atoms with Gasteiger partial charge in [-0.15, -0.1) is 0 Å². The van der Waals surface area contributed by atoms with E-state index >= 15 is 0 Å². The Bertz CT molecular complexity index is 504. The van der Waals surface area contributed by atoms with Gasteiger partial charge in [0.1, 0.15) is 5.75 Å². The van der Waals surface area contributed by atoms with Crippen LogP contribution in [-0.2, 0) is 4.79 Å². The molecule has 1 amide bonds. The first-order chi connectivity index (χ1) is 9.35. The topological polar surface area (TPSA) is 75.6 Å². The maximum Gasteiger partial charge on any atom is 0.337 e. The molecular weight excluding hydrogens is 282 g/mol. The molecule has 0 heterocycles. The van der Waals surface area contributed by atoms with Crippen molar-refractivity contribution >= 4 is 23.5 Å². The van der Waals surface area contributed by atoms with E-state index < -0.39 is 12.1 Å². The van der Waals surface area contributed by atoms with Crippen LogP contribution < -0.4 is 10.1 Å². The van der Waals surface area contributed by atoms with E-state index in [0.29, 0.717) is 5.75 Å². The van der Waals surface area contributed by atoms with Crippen molar-refractivity contribution in [3.05, 3.63) is 28.8 Å². The number of carbonyl (C=O) groups excluding carboxylic acids is 1. The summed E-state index contributed by atoms with van der Waals surface area (Å²) < 4.78 is 5.43. The summed E-state index contributed by atoms with van der Waals surface area (Å²) in [6.07, 6.45) is 0.106. The Hall–Kier alpha value is -1.75. The van der Waals surface area contributed by atoms with E-state index in [1.54, 1.807) is 6.92 Å². The molecule has 2 atom stereocenters. The van der Waals surface area contributed by atoms with Gasteiger partial charge in [0, 0.05) is 6.04 Å². The molecule has 6 heteroatoms. The van der Waals surface area contributed by atoms with Crippen LogP contribution in [0.5, 0.6) is 5.75 Å². The van der Waals surface area contributed by atoms with Crippen LogP contribution in [0.1, 0.15) is 37.6 Å². The summed E-state index contributed by atoms with van der Waals surface area (Å²) in [7, 11) is 0. The fourth-order valence-electron chi connectivity index (χ4n) is 1.46. The number of benzene rings is 1. The molecule has 0 saturated heterocycles. The lowest BCUT2D eigenvalue weighted by atomic mass is 10.2. The SMILES string of the molecule is CCC(C)NC(=O)C(C)Oc1ccc(Cl)c(C(=O)O)c1. The van der Waals surface area contributed by atoms with Gasteiger partial charge in [-0.25, -0.2) is 4.79 Å². The quantitative estimate of drug-likeness (QED) is 0.847. The molecule has 0 aromatic heterocycles. The Morgan fingerprint density at radius 2 is 2.05 bits per heavy atom. The van der Waals surface area contributed by atoms with Crippen LogP contribution in [0, 0.1) is 0 Å². The summed E-state index contributed by atoms with van der Waals surface area (Å²) >= 11 is 5.76. The van der Waals surface area contributed by atoms with Crippen LogP contribution in [0.25, 0.3) is 0 Å². The average molecular weight is 300 g/mol. The van der Waals surface area contributed by atoms with Crippen LogP contribution in [0.2, 0.25) is 5.02 Å². The maximum absolute atomic E-state index is 11.8. The van der Waals surface area contributed by atoms with Crippen LogP contribution in [0.3, 0.4) is 0 Å². The van der Waals surface area contributed by atoms with E-state index in [2.05, 4.69) is 5.32 Å². The van der Waals surface area contributed by atoms with Gasteiger partial charge in [0.15, 0.2) is 6.10 Å². The first-order valence-electron chi connectivity index (χ1n) is 6.35. The highest BCUT2D eigenvalue weighted by Gasteiger charge is 2.17. The van der Waals surface area contributed by atoms with Gasteiger partial charge in [-0.05, 0) is 38.5 Å². The molecule has 2 N–H and O–H groups in total. The van der Waals surface area contributed by atoms with Gasteiger partial charge in [0.25, 0.3) is 5.91 Å². The van der Waals surface area contributed by atoms with Crippen LogP contribution in [-0.4, -0.2) is 29.1 Å². The fraction of sp³-hybridized carbons (Fsp3) is 0.429. The molecule has 1 rings (SSSR count). The molecule has 0 aliphatic carbocycles. The zero-order valence-electron chi connectivity index (χ0n) is 11.6. The largest absolute Gasteiger partial charge is 0.481 e. The van der Waals surface area contributed by atoms with Gasteiger partial charge in [0.2, 0.25) is 0 Å². The third-order valence-electron chi connectivity index (χ3n) is 2.85. The molecule has 0 aliphatic rings. The molecule has 0 saturated carbocycles. The van der Waals surface area contributed by atoms with Crippen molar-refractivity contribution in [2.75, 3.05) is 0 Å². The number of aromatic carboxylic acids is 1. The molecule has 0 fully saturated rings. The Labute approximate surface area is 122 Å². The number of carboxylic acids is 1. The normalized spacial score (nSPS) is 13.4. The molecule has 0 bridgehead atoms. The lowest BCUT2D eigenvalue weighted by molar-refractivity contribution is -0.127. The number of halogens is 1. The van der Waals surface area contributed by atoms with E-state index in [1.807, 2.05) is 13.8 Å². The number of carboxylic acid groups (broad SMARTS) is 1. The zero-order valence-corrected chi connectivity index (χ0v) is 12.4. The number of nitrogens with one attached hydrogen (secondary N) is 1. The van der Waals surface area contributed by atoms with E-state index in [-0.39, 0.29) is 22.5 Å². The van der Waals surface area contributed by atoms with E-state index in [9.17, 15) is 9.59 Å². The predicted octanol–water partition coefficient (Wildman–Crippen LogP) is 2.72. The first kappa shape index (κ1) is 16.3. The van der Waals surface area contributed by atoms with Crippen molar-refractivity contribution in [1.82, 2.24) is 5.32 Å². The molecule has 0 spiro atoms. The smallest absolute Gasteiger partial charge is 0.337 e. The van der Waals surface area contributed by atoms with Gasteiger partial charge < -0.3 is 15.2 Å². The van der Waals surface area contributed by atoms with Crippen LogP contribution in [0.4, 0.5) is 0 Å². The van der Waals surface area contributed by atoms with Gasteiger partial charge in [-0.1, -0.05) is 18.5 Å². The third-order valence-corrected chi connectivity index (χ3v) is 3.18. The van der Waals surface area contributed by atoms with Crippen LogP contribution >= 0.6 is 11.6 Å². The number of carbonyl (C=O) groups is 2. The Kier molecular flexibility index (Phi) is 5.82. The summed E-state index contributed by atoms with van der Waals surface area (Å²) in [5, 5.41) is 11.9. The summed E-state index contributed by atoms with van der Waals surface area (Å²) in [5.41, 5.74) is -0.0568. The van der Waals surface area contributed by atoms with Crippen molar-refractivity contribution in [3.63, 3.8) is 0 Å². The molecule has 5 nitrogen and oxygen atoms in total. The number of hydrogen-bond donors (Lipinski definition) is 2. The highest BCUT2D eigenvalue weighted by molar-refractivity contribution is 6.33. The summed E-state index contributed by atoms with van der Waals surface area (Å²) in [6, 6.07) is 4.33. The third kappa shape index (κ3) is 4.42. The second-order valence-electron chi connectivity index (χ2n) is 4.52. The zero-order chi connectivity index (χ0) is 15.3. The molecule has 1 aromatic rings. The Balaban J connectivity index is 2.75. The van der Waals surface area contributed by atoms with Gasteiger partial charge in [0.05, 0.1) is 10.6 Å². The van der Waals surface area contributed by atoms with Gasteiger partial charge in [-0.2, -0.15) is 0 Å². The fourth-order valence-corrected chi connectivity index (χ4v) is 1.66. The maximum atomic E-state index is 11.8. The van der Waals surface area contributed by atoms with Gasteiger partial charge in [-0.3, -0.25) is 4.79 Å². The summed E-state index contributed by atoms with van der Waals surface area (Å²) in [6.45, 7) is 5.47. The first-order valence-corrected chi connectivity index (χ1v) is 6.72. The van der Waals surface area contributed by atoms with Crippen molar-refractivity contribution in [1.29, 1.82) is 0 Å². The lowest BCUT2D eigenvalue weighted by Gasteiger charge is -2.18. The van der Waals surface area contributed by atoms with Crippen molar-refractivity contribution in [2.24, 2.45) is 0 Å². The predicted molar refractivity (Wildman–Crippen MR) is 76.4 cm³/mol. The molecule has 0 aliphatic heterocycles. The molecule has 1 aromatic carbocycles. The molecule has 110 valence electrons. The summed E-state index contributed by atoms with van der Waals surface area (Å²) in [5.74, 6) is -1.10.